The molecule has 1 fully saturated rings. The van der Waals surface area contributed by atoms with Gasteiger partial charge in [0.25, 0.3) is 0 Å². The number of rotatable bonds is 4. The van der Waals surface area contributed by atoms with Gasteiger partial charge in [-0.15, -0.1) is 0 Å². The zero-order valence-electron chi connectivity index (χ0n) is 10.6. The molecule has 1 aliphatic heterocycles. The second kappa shape index (κ2) is 6.55. The molecule has 18 heavy (non-hydrogen) atoms. The molecule has 3 nitrogen and oxygen atoms in total. The van der Waals surface area contributed by atoms with Crippen LogP contribution in [0.15, 0.2) is 22.7 Å². The maximum atomic E-state index is 9.03. The number of aliphatic hydroxyl groups excluding tert-OH is 1. The Labute approximate surface area is 117 Å². The highest BCUT2D eigenvalue weighted by atomic mass is 79.9. The van der Waals surface area contributed by atoms with E-state index in [1.807, 2.05) is 12.1 Å². The van der Waals surface area contributed by atoms with E-state index in [-0.39, 0.29) is 0 Å². The lowest BCUT2D eigenvalue weighted by atomic mass is 9.95. The number of piperidine rings is 1. The Morgan fingerprint density at radius 3 is 3.00 bits per heavy atom. The van der Waals surface area contributed by atoms with Crippen molar-refractivity contribution in [3.05, 3.63) is 28.2 Å². The molecule has 1 atom stereocenters. The predicted octanol–water partition coefficient (Wildman–Crippen LogP) is 2.63. The normalized spacial score (nSPS) is 21.1. The largest absolute Gasteiger partial charge is 0.399 e. The van der Waals surface area contributed by atoms with Crippen molar-refractivity contribution in [3.63, 3.8) is 0 Å². The Balaban J connectivity index is 1.96. The van der Waals surface area contributed by atoms with Crippen molar-refractivity contribution < 1.29 is 5.11 Å². The highest BCUT2D eigenvalue weighted by Crippen LogP contribution is 2.25. The second-order valence-corrected chi connectivity index (χ2v) is 5.96. The highest BCUT2D eigenvalue weighted by Gasteiger charge is 2.19. The maximum absolute atomic E-state index is 9.03. The second-order valence-electron chi connectivity index (χ2n) is 5.11. The molecule has 0 bridgehead atoms. The van der Waals surface area contributed by atoms with E-state index >= 15 is 0 Å². The van der Waals surface area contributed by atoms with Crippen molar-refractivity contribution in [2.45, 2.75) is 25.8 Å². The van der Waals surface area contributed by atoms with Crippen molar-refractivity contribution in [1.82, 2.24) is 4.90 Å². The molecule has 1 unspecified atom stereocenters. The van der Waals surface area contributed by atoms with E-state index in [2.05, 4.69) is 26.9 Å². The van der Waals surface area contributed by atoms with Gasteiger partial charge in [0, 0.05) is 29.9 Å². The van der Waals surface area contributed by atoms with Crippen LogP contribution in [0.1, 0.15) is 24.8 Å². The fourth-order valence-corrected chi connectivity index (χ4v) is 3.17. The van der Waals surface area contributed by atoms with E-state index in [0.717, 1.165) is 36.2 Å². The molecule has 2 rings (SSSR count). The molecule has 100 valence electrons. The Kier molecular flexibility index (Phi) is 5.03. The molecule has 4 heteroatoms. The van der Waals surface area contributed by atoms with Gasteiger partial charge in [-0.1, -0.05) is 22.0 Å². The number of hydrogen-bond donors (Lipinski definition) is 2. The van der Waals surface area contributed by atoms with Gasteiger partial charge in [0.05, 0.1) is 0 Å². The predicted molar refractivity (Wildman–Crippen MR) is 78.3 cm³/mol. The van der Waals surface area contributed by atoms with Gasteiger partial charge < -0.3 is 10.8 Å². The third-order valence-corrected chi connectivity index (χ3v) is 4.35. The van der Waals surface area contributed by atoms with Crippen LogP contribution in [0.25, 0.3) is 0 Å². The first-order valence-corrected chi connectivity index (χ1v) is 7.35. The summed E-state index contributed by atoms with van der Waals surface area (Å²) in [5.74, 6) is 0.649. The zero-order chi connectivity index (χ0) is 13.0. The Morgan fingerprint density at radius 1 is 1.44 bits per heavy atom. The lowest BCUT2D eigenvalue weighted by Crippen LogP contribution is -2.35. The number of benzene rings is 1. The quantitative estimate of drug-likeness (QED) is 0.840. The van der Waals surface area contributed by atoms with E-state index in [1.165, 1.54) is 18.4 Å². The maximum Gasteiger partial charge on any atom is 0.0434 e. The van der Waals surface area contributed by atoms with Gasteiger partial charge >= 0.3 is 0 Å². The lowest BCUT2D eigenvalue weighted by Gasteiger charge is -2.32. The molecule has 0 spiro atoms. The van der Waals surface area contributed by atoms with Gasteiger partial charge in [-0.2, -0.15) is 0 Å². The van der Waals surface area contributed by atoms with Crippen LogP contribution in [0, 0.1) is 5.92 Å². The van der Waals surface area contributed by atoms with Crippen LogP contribution in [0.3, 0.4) is 0 Å². The van der Waals surface area contributed by atoms with E-state index < -0.39 is 0 Å². The van der Waals surface area contributed by atoms with Crippen LogP contribution in [0.5, 0.6) is 0 Å². The monoisotopic (exact) mass is 312 g/mol. The summed E-state index contributed by atoms with van der Waals surface area (Å²) in [5.41, 5.74) is 7.83. The Hall–Kier alpha value is -0.580. The zero-order valence-corrected chi connectivity index (χ0v) is 12.2. The van der Waals surface area contributed by atoms with E-state index in [0.29, 0.717) is 12.5 Å². The van der Waals surface area contributed by atoms with Gasteiger partial charge in [-0.25, -0.2) is 0 Å². The summed E-state index contributed by atoms with van der Waals surface area (Å²) in [6, 6.07) is 6.01. The van der Waals surface area contributed by atoms with Crippen LogP contribution in [0.4, 0.5) is 5.69 Å². The summed E-state index contributed by atoms with van der Waals surface area (Å²) >= 11 is 3.57. The minimum absolute atomic E-state index is 0.310. The molecule has 0 aromatic heterocycles. The highest BCUT2D eigenvalue weighted by molar-refractivity contribution is 9.10. The van der Waals surface area contributed by atoms with Crippen molar-refractivity contribution in [1.29, 1.82) is 0 Å². The van der Waals surface area contributed by atoms with Gasteiger partial charge in [-0.05, 0) is 49.4 Å². The molecule has 0 amide bonds. The van der Waals surface area contributed by atoms with E-state index in [9.17, 15) is 0 Å². The summed E-state index contributed by atoms with van der Waals surface area (Å²) in [7, 11) is 0. The number of nitrogens with two attached hydrogens (primary N) is 1. The summed E-state index contributed by atoms with van der Waals surface area (Å²) in [6.45, 7) is 3.52. The molecule has 1 aromatic rings. The molecule has 0 radical (unpaired) electrons. The molecule has 1 heterocycles. The van der Waals surface area contributed by atoms with Crippen LogP contribution < -0.4 is 5.73 Å². The fraction of sp³-hybridized carbons (Fsp3) is 0.571. The standard InChI is InChI=1S/C14H21BrN2O/c15-14-8-13(16)4-3-12(14)10-17-6-1-2-11(9-17)5-7-18/h3-4,8,11,18H,1-2,5-7,9-10,16H2. The molecule has 3 N–H and O–H groups in total. The van der Waals surface area contributed by atoms with E-state index in [4.69, 9.17) is 10.8 Å². The van der Waals surface area contributed by atoms with Crippen molar-refractivity contribution in [3.8, 4) is 0 Å². The third kappa shape index (κ3) is 3.70. The third-order valence-electron chi connectivity index (χ3n) is 3.61. The molecule has 1 aliphatic rings. The van der Waals surface area contributed by atoms with Gasteiger partial charge in [0.1, 0.15) is 0 Å². The van der Waals surface area contributed by atoms with Gasteiger partial charge in [0.2, 0.25) is 0 Å². The summed E-state index contributed by atoms with van der Waals surface area (Å²) in [4.78, 5) is 2.47. The number of likely N-dealkylation sites (tertiary alicyclic amines) is 1. The van der Waals surface area contributed by atoms with Crippen LogP contribution in [0.2, 0.25) is 0 Å². The van der Waals surface area contributed by atoms with Crippen LogP contribution in [-0.2, 0) is 6.54 Å². The number of nitrogen functional groups attached to an aromatic ring is 1. The first-order chi connectivity index (χ1) is 8.69. The number of anilines is 1. The molecule has 0 saturated carbocycles. The SMILES string of the molecule is Nc1ccc(CN2CCCC(CCO)C2)c(Br)c1. The summed E-state index contributed by atoms with van der Waals surface area (Å²) in [6.07, 6.45) is 3.41. The first-order valence-electron chi connectivity index (χ1n) is 6.56. The molecule has 1 aromatic carbocycles. The Morgan fingerprint density at radius 2 is 2.28 bits per heavy atom. The summed E-state index contributed by atoms with van der Waals surface area (Å²) < 4.78 is 1.09. The van der Waals surface area contributed by atoms with Crippen LogP contribution >= 0.6 is 15.9 Å². The number of hydrogen-bond acceptors (Lipinski definition) is 3. The van der Waals surface area contributed by atoms with E-state index in [1.54, 1.807) is 0 Å². The smallest absolute Gasteiger partial charge is 0.0434 e. The lowest BCUT2D eigenvalue weighted by molar-refractivity contribution is 0.142. The van der Waals surface area contributed by atoms with Gasteiger partial charge in [0.15, 0.2) is 0 Å². The molecule has 1 saturated heterocycles. The molecular formula is C14H21BrN2O. The minimum Gasteiger partial charge on any atom is -0.399 e. The topological polar surface area (TPSA) is 49.5 Å². The Bertz CT molecular complexity index is 395. The van der Waals surface area contributed by atoms with Crippen molar-refractivity contribution in [2.24, 2.45) is 5.92 Å². The summed E-state index contributed by atoms with van der Waals surface area (Å²) in [5, 5.41) is 9.03. The van der Waals surface area contributed by atoms with Crippen molar-refractivity contribution in [2.75, 3.05) is 25.4 Å². The number of halogens is 1. The molecule has 0 aliphatic carbocycles. The van der Waals surface area contributed by atoms with Crippen LogP contribution in [-0.4, -0.2) is 29.7 Å². The first kappa shape index (κ1) is 13.8. The fourth-order valence-electron chi connectivity index (χ4n) is 2.65. The number of aliphatic hydroxyl groups is 1. The van der Waals surface area contributed by atoms with Crippen molar-refractivity contribution >= 4 is 21.6 Å². The molecular weight excluding hydrogens is 292 g/mol. The van der Waals surface area contributed by atoms with Gasteiger partial charge in [-0.3, -0.25) is 4.90 Å². The minimum atomic E-state index is 0.310. The average molecular weight is 313 g/mol. The average Bonchev–Trinajstić information content (AvgIpc) is 2.34. The number of nitrogens with zero attached hydrogens (tertiary/aromatic N) is 1.